The summed E-state index contributed by atoms with van der Waals surface area (Å²) in [4.78, 5) is 16.2. The van der Waals surface area contributed by atoms with Gasteiger partial charge in [-0.1, -0.05) is 24.3 Å². The number of pyridine rings is 1. The van der Waals surface area contributed by atoms with Crippen LogP contribution in [-0.2, 0) is 24.8 Å². The number of carbonyl (C=O) groups excluding carboxylic acids is 1. The molecule has 0 atom stereocenters. The van der Waals surface area contributed by atoms with Gasteiger partial charge >= 0.3 is 0 Å². The summed E-state index contributed by atoms with van der Waals surface area (Å²) in [7, 11) is 2.03. The van der Waals surface area contributed by atoms with E-state index in [0.29, 0.717) is 13.0 Å². The monoisotopic (exact) mass is 293 g/mol. The van der Waals surface area contributed by atoms with E-state index in [4.69, 9.17) is 0 Å². The van der Waals surface area contributed by atoms with Crippen molar-refractivity contribution >= 4 is 16.8 Å². The Hall–Kier alpha value is -2.62. The maximum atomic E-state index is 12.0. The summed E-state index contributed by atoms with van der Waals surface area (Å²) in [6.07, 6.45) is 5.07. The van der Waals surface area contributed by atoms with Crippen molar-refractivity contribution in [3.05, 3.63) is 66.1 Å². The second kappa shape index (κ2) is 6.43. The predicted octanol–water partition coefficient (Wildman–Crippen LogP) is 2.82. The molecule has 1 amide bonds. The first-order valence-corrected chi connectivity index (χ1v) is 7.43. The lowest BCUT2D eigenvalue weighted by molar-refractivity contribution is -0.121. The molecule has 112 valence electrons. The molecule has 22 heavy (non-hydrogen) atoms. The fourth-order valence-electron chi connectivity index (χ4n) is 2.65. The van der Waals surface area contributed by atoms with Gasteiger partial charge in [0, 0.05) is 36.8 Å². The van der Waals surface area contributed by atoms with Gasteiger partial charge in [0.05, 0.1) is 12.2 Å². The van der Waals surface area contributed by atoms with Crippen molar-refractivity contribution in [2.45, 2.75) is 19.4 Å². The van der Waals surface area contributed by atoms with Crippen LogP contribution in [0.25, 0.3) is 10.9 Å². The maximum absolute atomic E-state index is 12.0. The van der Waals surface area contributed by atoms with E-state index in [9.17, 15) is 4.79 Å². The van der Waals surface area contributed by atoms with Crippen LogP contribution in [0.1, 0.15) is 17.7 Å². The van der Waals surface area contributed by atoms with Crippen molar-refractivity contribution < 1.29 is 4.79 Å². The van der Waals surface area contributed by atoms with Crippen molar-refractivity contribution in [3.8, 4) is 0 Å². The number of fused-ring (bicyclic) bond motifs is 1. The third-order valence-corrected chi connectivity index (χ3v) is 3.79. The van der Waals surface area contributed by atoms with Crippen LogP contribution in [0.3, 0.4) is 0 Å². The summed E-state index contributed by atoms with van der Waals surface area (Å²) in [5.41, 5.74) is 3.29. The number of para-hydroxylation sites is 1. The highest BCUT2D eigenvalue weighted by Crippen LogP contribution is 2.21. The Morgan fingerprint density at radius 1 is 1.18 bits per heavy atom. The molecule has 1 N–H and O–H groups in total. The molecule has 4 nitrogen and oxygen atoms in total. The van der Waals surface area contributed by atoms with Gasteiger partial charge < -0.3 is 9.88 Å². The normalized spacial score (nSPS) is 10.8. The number of nitrogens with one attached hydrogen (secondary N) is 1. The Morgan fingerprint density at radius 3 is 2.82 bits per heavy atom. The van der Waals surface area contributed by atoms with E-state index in [2.05, 4.69) is 33.2 Å². The summed E-state index contributed by atoms with van der Waals surface area (Å²) in [6, 6.07) is 14.0. The molecule has 2 aromatic heterocycles. The first kappa shape index (κ1) is 14.3. The Morgan fingerprint density at radius 2 is 2.00 bits per heavy atom. The van der Waals surface area contributed by atoms with E-state index < -0.39 is 0 Å². The highest BCUT2D eigenvalue weighted by Gasteiger charge is 2.08. The van der Waals surface area contributed by atoms with Crippen molar-refractivity contribution in [1.29, 1.82) is 0 Å². The Balaban J connectivity index is 1.58. The van der Waals surface area contributed by atoms with Crippen LogP contribution in [0.4, 0.5) is 0 Å². The van der Waals surface area contributed by atoms with Gasteiger partial charge in [-0.25, -0.2) is 0 Å². The van der Waals surface area contributed by atoms with Gasteiger partial charge in [-0.2, -0.15) is 0 Å². The van der Waals surface area contributed by atoms with Gasteiger partial charge in [0.2, 0.25) is 5.91 Å². The third kappa shape index (κ3) is 3.17. The van der Waals surface area contributed by atoms with Crippen LogP contribution in [0, 0.1) is 0 Å². The van der Waals surface area contributed by atoms with Gasteiger partial charge in [0.15, 0.2) is 0 Å². The number of rotatable bonds is 5. The first-order chi connectivity index (χ1) is 10.7. The van der Waals surface area contributed by atoms with Gasteiger partial charge in [0.25, 0.3) is 0 Å². The molecule has 0 fully saturated rings. The minimum atomic E-state index is 0.0542. The lowest BCUT2D eigenvalue weighted by Crippen LogP contribution is -2.23. The highest BCUT2D eigenvalue weighted by molar-refractivity contribution is 5.84. The van der Waals surface area contributed by atoms with Crippen LogP contribution >= 0.6 is 0 Å². The zero-order valence-electron chi connectivity index (χ0n) is 12.6. The summed E-state index contributed by atoms with van der Waals surface area (Å²) >= 11 is 0. The molecule has 0 aliphatic carbocycles. The van der Waals surface area contributed by atoms with Crippen LogP contribution in [0.15, 0.2) is 54.9 Å². The van der Waals surface area contributed by atoms with Gasteiger partial charge in [-0.05, 0) is 30.2 Å². The minimum absolute atomic E-state index is 0.0542. The van der Waals surface area contributed by atoms with Gasteiger partial charge in [0.1, 0.15) is 0 Å². The van der Waals surface area contributed by atoms with E-state index in [1.165, 1.54) is 16.5 Å². The van der Waals surface area contributed by atoms with E-state index in [1.54, 1.807) is 6.20 Å². The Kier molecular flexibility index (Phi) is 4.19. The second-order valence-corrected chi connectivity index (χ2v) is 5.38. The van der Waals surface area contributed by atoms with Crippen LogP contribution in [0.2, 0.25) is 0 Å². The molecule has 0 radical (unpaired) electrons. The number of hydrogen-bond acceptors (Lipinski definition) is 2. The molecule has 2 heterocycles. The summed E-state index contributed by atoms with van der Waals surface area (Å²) in [5.74, 6) is 0.0542. The summed E-state index contributed by atoms with van der Waals surface area (Å²) < 4.78 is 2.11. The molecule has 1 aromatic carbocycles. The molecule has 0 aliphatic rings. The lowest BCUT2D eigenvalue weighted by Gasteiger charge is -2.04. The number of benzene rings is 1. The highest BCUT2D eigenvalue weighted by atomic mass is 16.1. The van der Waals surface area contributed by atoms with Crippen LogP contribution < -0.4 is 5.32 Å². The molecule has 0 bridgehead atoms. The molecule has 0 aliphatic heterocycles. The van der Waals surface area contributed by atoms with Crippen LogP contribution in [-0.4, -0.2) is 15.5 Å². The zero-order chi connectivity index (χ0) is 15.4. The fourth-order valence-corrected chi connectivity index (χ4v) is 2.65. The van der Waals surface area contributed by atoms with Crippen molar-refractivity contribution in [2.75, 3.05) is 0 Å². The smallest absolute Gasteiger partial charge is 0.220 e. The van der Waals surface area contributed by atoms with Gasteiger partial charge in [-0.3, -0.25) is 9.78 Å². The average molecular weight is 293 g/mol. The quantitative estimate of drug-likeness (QED) is 0.786. The van der Waals surface area contributed by atoms with Crippen molar-refractivity contribution in [3.63, 3.8) is 0 Å². The third-order valence-electron chi connectivity index (χ3n) is 3.79. The molecule has 0 saturated carbocycles. The fraction of sp³-hybridized carbons (Fsp3) is 0.222. The van der Waals surface area contributed by atoms with E-state index >= 15 is 0 Å². The Bertz CT molecular complexity index is 777. The van der Waals surface area contributed by atoms with Crippen molar-refractivity contribution in [1.82, 2.24) is 14.9 Å². The SMILES string of the molecule is Cn1cc(CCC(=O)NCc2ccccn2)c2ccccc21. The summed E-state index contributed by atoms with van der Waals surface area (Å²) in [5, 5.41) is 4.14. The molecule has 0 saturated heterocycles. The first-order valence-electron chi connectivity index (χ1n) is 7.43. The average Bonchev–Trinajstić information content (AvgIpc) is 2.89. The lowest BCUT2D eigenvalue weighted by atomic mass is 10.1. The van der Waals surface area contributed by atoms with E-state index in [-0.39, 0.29) is 5.91 Å². The number of aromatic nitrogens is 2. The molecule has 3 rings (SSSR count). The number of amides is 1. The number of carbonyl (C=O) groups is 1. The predicted molar refractivity (Wildman–Crippen MR) is 87.3 cm³/mol. The van der Waals surface area contributed by atoms with E-state index in [1.807, 2.05) is 37.4 Å². The van der Waals surface area contributed by atoms with Crippen molar-refractivity contribution in [2.24, 2.45) is 7.05 Å². The standard InChI is InChI=1S/C18H19N3O/c1-21-13-14(16-7-2-3-8-17(16)21)9-10-18(22)20-12-15-6-4-5-11-19-15/h2-8,11,13H,9-10,12H2,1H3,(H,20,22). The topological polar surface area (TPSA) is 46.9 Å². The van der Waals surface area contributed by atoms with Crippen LogP contribution in [0.5, 0.6) is 0 Å². The second-order valence-electron chi connectivity index (χ2n) is 5.38. The maximum Gasteiger partial charge on any atom is 0.220 e. The molecule has 3 aromatic rings. The molecular weight excluding hydrogens is 274 g/mol. The van der Waals surface area contributed by atoms with Gasteiger partial charge in [-0.15, -0.1) is 0 Å². The molecule has 4 heteroatoms. The number of aryl methyl sites for hydroxylation is 2. The molecular formula is C18H19N3O. The van der Waals surface area contributed by atoms with E-state index in [0.717, 1.165) is 12.1 Å². The number of hydrogen-bond donors (Lipinski definition) is 1. The zero-order valence-corrected chi connectivity index (χ0v) is 12.6. The molecule has 0 unspecified atom stereocenters. The summed E-state index contributed by atoms with van der Waals surface area (Å²) in [6.45, 7) is 0.481. The molecule has 0 spiro atoms. The number of nitrogens with zero attached hydrogens (tertiary/aromatic N) is 2. The minimum Gasteiger partial charge on any atom is -0.350 e. The Labute approximate surface area is 129 Å². The largest absolute Gasteiger partial charge is 0.350 e.